The Bertz CT molecular complexity index is 233. The Morgan fingerprint density at radius 1 is 1.64 bits per heavy atom. The molecule has 1 atom stereocenters. The van der Waals surface area contributed by atoms with Gasteiger partial charge in [0.25, 0.3) is 0 Å². The molecule has 0 fully saturated rings. The molecular formula is C8H13N3. The van der Waals surface area contributed by atoms with Gasteiger partial charge in [-0.15, -0.1) is 0 Å². The first-order valence-corrected chi connectivity index (χ1v) is 3.64. The first-order valence-electron chi connectivity index (χ1n) is 3.64. The molecule has 3 nitrogen and oxygen atoms in total. The molecule has 11 heavy (non-hydrogen) atoms. The van der Waals surface area contributed by atoms with Crippen LogP contribution in [-0.2, 0) is 0 Å². The van der Waals surface area contributed by atoms with Crippen molar-refractivity contribution in [2.45, 2.75) is 13.0 Å². The molecule has 0 aliphatic rings. The van der Waals surface area contributed by atoms with Crippen LogP contribution in [0, 0.1) is 0 Å². The average molecular weight is 151 g/mol. The number of hydrogen-bond donors (Lipinski definition) is 2. The fourth-order valence-electron chi connectivity index (χ4n) is 0.994. The molecule has 0 aromatic carbocycles. The summed E-state index contributed by atoms with van der Waals surface area (Å²) in [4.78, 5) is 4.13. The smallest absolute Gasteiger partial charge is 0.130 e. The number of nitrogens with zero attached hydrogens (tertiary/aromatic N) is 1. The lowest BCUT2D eigenvalue weighted by molar-refractivity contribution is 0.814. The number of rotatable bonds is 2. The number of pyridine rings is 1. The molecule has 0 spiro atoms. The number of hydrogen-bond acceptors (Lipinski definition) is 3. The van der Waals surface area contributed by atoms with Crippen molar-refractivity contribution in [1.29, 1.82) is 0 Å². The highest BCUT2D eigenvalue weighted by Gasteiger charge is 2.04. The van der Waals surface area contributed by atoms with Crippen LogP contribution >= 0.6 is 0 Å². The van der Waals surface area contributed by atoms with Crippen LogP contribution in [-0.4, -0.2) is 12.0 Å². The Kier molecular flexibility index (Phi) is 2.44. The van der Waals surface area contributed by atoms with E-state index >= 15 is 0 Å². The number of anilines is 1. The van der Waals surface area contributed by atoms with Gasteiger partial charge in [-0.3, -0.25) is 0 Å². The maximum absolute atomic E-state index is 5.71. The molecular weight excluding hydrogens is 138 g/mol. The third-order valence-corrected chi connectivity index (χ3v) is 1.57. The van der Waals surface area contributed by atoms with Gasteiger partial charge in [-0.05, 0) is 13.0 Å². The molecule has 1 rings (SSSR count). The molecule has 0 bridgehead atoms. The maximum Gasteiger partial charge on any atom is 0.130 e. The Morgan fingerprint density at radius 3 is 2.82 bits per heavy atom. The summed E-state index contributed by atoms with van der Waals surface area (Å²) >= 11 is 0. The minimum absolute atomic E-state index is 0.0335. The molecule has 0 aliphatic carbocycles. The average Bonchev–Trinajstić information content (AvgIpc) is 2.04. The van der Waals surface area contributed by atoms with Crippen LogP contribution < -0.4 is 11.1 Å². The molecule has 3 heteroatoms. The topological polar surface area (TPSA) is 50.9 Å². The normalized spacial score (nSPS) is 12.6. The van der Waals surface area contributed by atoms with E-state index in [0.29, 0.717) is 0 Å². The second kappa shape index (κ2) is 3.34. The van der Waals surface area contributed by atoms with E-state index in [-0.39, 0.29) is 6.04 Å². The van der Waals surface area contributed by atoms with Gasteiger partial charge in [0.05, 0.1) is 0 Å². The van der Waals surface area contributed by atoms with E-state index in [2.05, 4.69) is 10.3 Å². The van der Waals surface area contributed by atoms with Crippen molar-refractivity contribution in [3.8, 4) is 0 Å². The fourth-order valence-corrected chi connectivity index (χ4v) is 0.994. The monoisotopic (exact) mass is 151 g/mol. The van der Waals surface area contributed by atoms with Gasteiger partial charge in [0.15, 0.2) is 0 Å². The Labute approximate surface area is 66.6 Å². The summed E-state index contributed by atoms with van der Waals surface area (Å²) in [5, 5.41) is 2.99. The SMILES string of the molecule is CNc1ncccc1C(C)N. The van der Waals surface area contributed by atoms with Crippen molar-refractivity contribution in [2.24, 2.45) is 5.73 Å². The van der Waals surface area contributed by atoms with Gasteiger partial charge in [0.1, 0.15) is 5.82 Å². The van der Waals surface area contributed by atoms with E-state index in [1.807, 2.05) is 26.1 Å². The van der Waals surface area contributed by atoms with Gasteiger partial charge < -0.3 is 11.1 Å². The first kappa shape index (κ1) is 8.01. The molecule has 0 amide bonds. The van der Waals surface area contributed by atoms with E-state index in [0.717, 1.165) is 11.4 Å². The summed E-state index contributed by atoms with van der Waals surface area (Å²) in [6.07, 6.45) is 1.75. The summed E-state index contributed by atoms with van der Waals surface area (Å²) in [5.41, 5.74) is 6.76. The molecule has 1 aromatic rings. The number of nitrogens with two attached hydrogens (primary N) is 1. The highest BCUT2D eigenvalue weighted by atomic mass is 15.0. The Morgan fingerprint density at radius 2 is 2.36 bits per heavy atom. The highest BCUT2D eigenvalue weighted by Crippen LogP contribution is 2.16. The van der Waals surface area contributed by atoms with E-state index in [1.165, 1.54) is 0 Å². The lowest BCUT2D eigenvalue weighted by atomic mass is 10.1. The van der Waals surface area contributed by atoms with Crippen LogP contribution in [0.3, 0.4) is 0 Å². The van der Waals surface area contributed by atoms with E-state index in [9.17, 15) is 0 Å². The lowest BCUT2D eigenvalue weighted by Crippen LogP contribution is -2.08. The standard InChI is InChI=1S/C8H13N3/c1-6(9)7-4-3-5-11-8(7)10-2/h3-6H,9H2,1-2H3,(H,10,11). The molecule has 0 aliphatic heterocycles. The third-order valence-electron chi connectivity index (χ3n) is 1.57. The molecule has 1 unspecified atom stereocenters. The molecule has 3 N–H and O–H groups in total. The van der Waals surface area contributed by atoms with Crippen LogP contribution in [0.5, 0.6) is 0 Å². The number of aromatic nitrogens is 1. The number of nitrogens with one attached hydrogen (secondary N) is 1. The zero-order chi connectivity index (χ0) is 8.27. The van der Waals surface area contributed by atoms with Crippen molar-refractivity contribution in [2.75, 3.05) is 12.4 Å². The van der Waals surface area contributed by atoms with Gasteiger partial charge in [0, 0.05) is 24.8 Å². The summed E-state index contributed by atoms with van der Waals surface area (Å²) in [6, 6.07) is 3.90. The van der Waals surface area contributed by atoms with Crippen molar-refractivity contribution in [3.63, 3.8) is 0 Å². The second-order valence-electron chi connectivity index (χ2n) is 2.48. The van der Waals surface area contributed by atoms with Crippen LogP contribution in [0.1, 0.15) is 18.5 Å². The van der Waals surface area contributed by atoms with Crippen LogP contribution in [0.15, 0.2) is 18.3 Å². The van der Waals surface area contributed by atoms with E-state index in [4.69, 9.17) is 5.73 Å². The van der Waals surface area contributed by atoms with Crippen LogP contribution in [0.25, 0.3) is 0 Å². The predicted octanol–water partition coefficient (Wildman–Crippen LogP) is 1.14. The zero-order valence-corrected chi connectivity index (χ0v) is 6.83. The van der Waals surface area contributed by atoms with Gasteiger partial charge >= 0.3 is 0 Å². The second-order valence-corrected chi connectivity index (χ2v) is 2.48. The summed E-state index contributed by atoms with van der Waals surface area (Å²) < 4.78 is 0. The Balaban J connectivity index is 3.02. The first-order chi connectivity index (χ1) is 5.25. The summed E-state index contributed by atoms with van der Waals surface area (Å²) in [5.74, 6) is 0.863. The van der Waals surface area contributed by atoms with Crippen LogP contribution in [0.2, 0.25) is 0 Å². The molecule has 60 valence electrons. The fraction of sp³-hybridized carbons (Fsp3) is 0.375. The molecule has 0 saturated carbocycles. The van der Waals surface area contributed by atoms with Crippen molar-refractivity contribution in [3.05, 3.63) is 23.9 Å². The van der Waals surface area contributed by atoms with Crippen molar-refractivity contribution >= 4 is 5.82 Å². The van der Waals surface area contributed by atoms with E-state index < -0.39 is 0 Å². The molecule has 0 saturated heterocycles. The van der Waals surface area contributed by atoms with Gasteiger partial charge in [-0.25, -0.2) is 4.98 Å². The highest BCUT2D eigenvalue weighted by molar-refractivity contribution is 5.44. The largest absolute Gasteiger partial charge is 0.373 e. The molecule has 1 aromatic heterocycles. The van der Waals surface area contributed by atoms with Gasteiger partial charge in [-0.2, -0.15) is 0 Å². The van der Waals surface area contributed by atoms with Crippen molar-refractivity contribution in [1.82, 2.24) is 4.98 Å². The van der Waals surface area contributed by atoms with Crippen molar-refractivity contribution < 1.29 is 0 Å². The van der Waals surface area contributed by atoms with Crippen LogP contribution in [0.4, 0.5) is 5.82 Å². The summed E-state index contributed by atoms with van der Waals surface area (Å²) in [7, 11) is 1.84. The predicted molar refractivity (Wildman–Crippen MR) is 46.4 cm³/mol. The van der Waals surface area contributed by atoms with Gasteiger partial charge in [-0.1, -0.05) is 6.07 Å². The lowest BCUT2D eigenvalue weighted by Gasteiger charge is -2.09. The van der Waals surface area contributed by atoms with E-state index in [1.54, 1.807) is 6.20 Å². The summed E-state index contributed by atoms with van der Waals surface area (Å²) in [6.45, 7) is 1.94. The minimum Gasteiger partial charge on any atom is -0.373 e. The quantitative estimate of drug-likeness (QED) is 0.666. The molecule has 1 heterocycles. The molecule has 0 radical (unpaired) electrons. The maximum atomic E-state index is 5.71. The zero-order valence-electron chi connectivity index (χ0n) is 6.83. The van der Waals surface area contributed by atoms with Gasteiger partial charge in [0.2, 0.25) is 0 Å². The Hall–Kier alpha value is -1.09. The third kappa shape index (κ3) is 1.68. The minimum atomic E-state index is 0.0335.